The number of sulfone groups is 1. The van der Waals surface area contributed by atoms with Crippen LogP contribution in [0.1, 0.15) is 29.3 Å². The van der Waals surface area contributed by atoms with Crippen molar-refractivity contribution in [3.05, 3.63) is 35.1 Å². The molecule has 21 heavy (non-hydrogen) atoms. The van der Waals surface area contributed by atoms with Gasteiger partial charge in [-0.25, -0.2) is 17.6 Å². The molecule has 5 nitrogen and oxygen atoms in total. The fourth-order valence-corrected chi connectivity index (χ4v) is 3.81. The van der Waals surface area contributed by atoms with E-state index >= 15 is 0 Å². The summed E-state index contributed by atoms with van der Waals surface area (Å²) in [6, 6.07) is 3.60. The molecule has 0 bridgehead atoms. The Hall–Kier alpha value is -1.47. The van der Waals surface area contributed by atoms with E-state index < -0.39 is 32.6 Å². The summed E-state index contributed by atoms with van der Waals surface area (Å²) in [6.45, 7) is 2.40. The highest BCUT2D eigenvalue weighted by Gasteiger charge is 2.30. The fraction of sp³-hybridized carbons (Fsp3) is 0.500. The van der Waals surface area contributed by atoms with Crippen LogP contribution in [0, 0.1) is 5.82 Å². The molecule has 1 unspecified atom stereocenters. The summed E-state index contributed by atoms with van der Waals surface area (Å²) >= 11 is 0. The molecule has 1 aromatic rings. The summed E-state index contributed by atoms with van der Waals surface area (Å²) in [6.07, 6.45) is 0.418. The van der Waals surface area contributed by atoms with Crippen LogP contribution in [0.15, 0.2) is 18.2 Å². The lowest BCUT2D eigenvalue weighted by Crippen LogP contribution is -2.23. The molecule has 0 amide bonds. The van der Waals surface area contributed by atoms with E-state index in [2.05, 4.69) is 0 Å². The second-order valence-electron chi connectivity index (χ2n) is 4.82. The number of carbonyl (C=O) groups excluding carboxylic acids is 1. The average Bonchev–Trinajstić information content (AvgIpc) is 2.96. The zero-order chi connectivity index (χ0) is 15.5. The van der Waals surface area contributed by atoms with Gasteiger partial charge < -0.3 is 9.47 Å². The van der Waals surface area contributed by atoms with E-state index in [-0.39, 0.29) is 24.3 Å². The summed E-state index contributed by atoms with van der Waals surface area (Å²) in [5, 5.41) is -0.608. The zero-order valence-electron chi connectivity index (χ0n) is 11.7. The minimum absolute atomic E-state index is 0.0209. The SMILES string of the molecule is CCOC(=O)c1ccc(F)c(CS(=O)(=O)C2CCOC2)c1. The molecule has 0 spiro atoms. The Morgan fingerprint density at radius 2 is 2.24 bits per heavy atom. The van der Waals surface area contributed by atoms with Crippen LogP contribution in [0.5, 0.6) is 0 Å². The molecule has 1 aliphatic heterocycles. The van der Waals surface area contributed by atoms with Gasteiger partial charge in [-0.2, -0.15) is 0 Å². The van der Waals surface area contributed by atoms with Crippen molar-refractivity contribution >= 4 is 15.8 Å². The highest BCUT2D eigenvalue weighted by Crippen LogP contribution is 2.21. The van der Waals surface area contributed by atoms with Crippen molar-refractivity contribution in [2.75, 3.05) is 19.8 Å². The standard InChI is InChI=1S/C14H17FO5S/c1-2-20-14(16)10-3-4-13(15)11(7-10)9-21(17,18)12-5-6-19-8-12/h3-4,7,12H,2,5-6,8-9H2,1H3. The number of ether oxygens (including phenoxy) is 2. The first-order valence-electron chi connectivity index (χ1n) is 6.69. The molecule has 2 rings (SSSR count). The van der Waals surface area contributed by atoms with E-state index in [0.717, 1.165) is 6.07 Å². The minimum atomic E-state index is -3.51. The van der Waals surface area contributed by atoms with Crippen molar-refractivity contribution in [1.82, 2.24) is 0 Å². The van der Waals surface area contributed by atoms with Gasteiger partial charge in [0.25, 0.3) is 0 Å². The maximum Gasteiger partial charge on any atom is 0.338 e. The predicted octanol–water partition coefficient (Wildman–Crippen LogP) is 1.71. The van der Waals surface area contributed by atoms with E-state index in [9.17, 15) is 17.6 Å². The molecule has 1 aromatic carbocycles. The van der Waals surface area contributed by atoms with E-state index in [4.69, 9.17) is 9.47 Å². The van der Waals surface area contributed by atoms with E-state index in [0.29, 0.717) is 13.0 Å². The Labute approximate surface area is 123 Å². The second kappa shape index (κ2) is 6.53. The van der Waals surface area contributed by atoms with Crippen LogP contribution in [0.2, 0.25) is 0 Å². The monoisotopic (exact) mass is 316 g/mol. The summed E-state index contributed by atoms with van der Waals surface area (Å²) < 4.78 is 48.1. The highest BCUT2D eigenvalue weighted by atomic mass is 32.2. The van der Waals surface area contributed by atoms with Crippen LogP contribution >= 0.6 is 0 Å². The molecule has 1 aliphatic rings. The largest absolute Gasteiger partial charge is 0.462 e. The third kappa shape index (κ3) is 3.79. The average molecular weight is 316 g/mol. The second-order valence-corrected chi connectivity index (χ2v) is 7.10. The molecule has 7 heteroatoms. The quantitative estimate of drug-likeness (QED) is 0.773. The van der Waals surface area contributed by atoms with Crippen molar-refractivity contribution < 1.29 is 27.1 Å². The topological polar surface area (TPSA) is 69.7 Å². The first-order valence-corrected chi connectivity index (χ1v) is 8.40. The summed E-state index contributed by atoms with van der Waals surface area (Å²) in [5.74, 6) is -1.69. The summed E-state index contributed by atoms with van der Waals surface area (Å²) in [7, 11) is -3.51. The van der Waals surface area contributed by atoms with Gasteiger partial charge in [-0.15, -0.1) is 0 Å². The Kier molecular flexibility index (Phi) is 4.95. The molecular weight excluding hydrogens is 299 g/mol. The number of rotatable bonds is 5. The van der Waals surface area contributed by atoms with Gasteiger partial charge in [-0.1, -0.05) is 0 Å². The lowest BCUT2D eigenvalue weighted by Gasteiger charge is -2.11. The number of halogens is 1. The van der Waals surface area contributed by atoms with Crippen LogP contribution < -0.4 is 0 Å². The van der Waals surface area contributed by atoms with Crippen molar-refractivity contribution in [2.45, 2.75) is 24.3 Å². The van der Waals surface area contributed by atoms with E-state index in [1.165, 1.54) is 12.1 Å². The predicted molar refractivity (Wildman–Crippen MR) is 74.2 cm³/mol. The Morgan fingerprint density at radius 1 is 1.48 bits per heavy atom. The molecule has 1 heterocycles. The summed E-state index contributed by atoms with van der Waals surface area (Å²) in [5.41, 5.74) is 0.124. The lowest BCUT2D eigenvalue weighted by molar-refractivity contribution is 0.0526. The Balaban J connectivity index is 2.22. The van der Waals surface area contributed by atoms with E-state index in [1.807, 2.05) is 0 Å². The first kappa shape index (κ1) is 15.9. The molecule has 116 valence electrons. The van der Waals surface area contributed by atoms with Crippen molar-refractivity contribution in [2.24, 2.45) is 0 Å². The van der Waals surface area contributed by atoms with Crippen molar-refractivity contribution in [3.63, 3.8) is 0 Å². The van der Waals surface area contributed by atoms with Gasteiger partial charge in [-0.3, -0.25) is 0 Å². The molecular formula is C14H17FO5S. The van der Waals surface area contributed by atoms with Gasteiger partial charge in [0.1, 0.15) is 5.82 Å². The molecule has 0 aliphatic carbocycles. The van der Waals surface area contributed by atoms with Gasteiger partial charge in [0.15, 0.2) is 9.84 Å². The smallest absolute Gasteiger partial charge is 0.338 e. The lowest BCUT2D eigenvalue weighted by atomic mass is 10.1. The highest BCUT2D eigenvalue weighted by molar-refractivity contribution is 7.91. The van der Waals surface area contributed by atoms with Gasteiger partial charge in [0.05, 0.1) is 29.8 Å². The maximum absolute atomic E-state index is 13.8. The van der Waals surface area contributed by atoms with Crippen LogP contribution in [0.3, 0.4) is 0 Å². The van der Waals surface area contributed by atoms with Gasteiger partial charge in [0.2, 0.25) is 0 Å². The third-order valence-corrected chi connectivity index (χ3v) is 5.41. The van der Waals surface area contributed by atoms with Crippen LogP contribution in [-0.2, 0) is 25.1 Å². The third-order valence-electron chi connectivity index (χ3n) is 3.31. The minimum Gasteiger partial charge on any atom is -0.462 e. The normalized spacial score (nSPS) is 18.7. The molecule has 0 saturated carbocycles. The number of hydrogen-bond donors (Lipinski definition) is 0. The van der Waals surface area contributed by atoms with E-state index in [1.54, 1.807) is 6.92 Å². The zero-order valence-corrected chi connectivity index (χ0v) is 12.5. The first-order chi connectivity index (χ1) is 9.94. The fourth-order valence-electron chi connectivity index (χ4n) is 2.16. The molecule has 0 radical (unpaired) electrons. The molecule has 1 fully saturated rings. The van der Waals surface area contributed by atoms with Gasteiger partial charge in [-0.05, 0) is 31.5 Å². The Morgan fingerprint density at radius 3 is 2.86 bits per heavy atom. The molecule has 1 saturated heterocycles. The number of carbonyl (C=O) groups is 1. The summed E-state index contributed by atoms with van der Waals surface area (Å²) in [4.78, 5) is 11.6. The number of hydrogen-bond acceptors (Lipinski definition) is 5. The Bertz CT molecular complexity index is 620. The van der Waals surface area contributed by atoms with Crippen molar-refractivity contribution in [1.29, 1.82) is 0 Å². The molecule has 0 N–H and O–H groups in total. The van der Waals surface area contributed by atoms with Gasteiger partial charge >= 0.3 is 5.97 Å². The van der Waals surface area contributed by atoms with Crippen LogP contribution in [-0.4, -0.2) is 39.5 Å². The van der Waals surface area contributed by atoms with Crippen molar-refractivity contribution in [3.8, 4) is 0 Å². The van der Waals surface area contributed by atoms with Crippen LogP contribution in [0.25, 0.3) is 0 Å². The molecule has 1 atom stereocenters. The number of benzene rings is 1. The molecule has 0 aromatic heterocycles. The van der Waals surface area contributed by atoms with Crippen LogP contribution in [0.4, 0.5) is 4.39 Å². The number of esters is 1. The maximum atomic E-state index is 13.8. The van der Waals surface area contributed by atoms with Gasteiger partial charge in [0, 0.05) is 12.2 Å².